The summed E-state index contributed by atoms with van der Waals surface area (Å²) in [6.07, 6.45) is 3.93. The molecule has 1 aliphatic heterocycles. The topological polar surface area (TPSA) is 24.5 Å². The lowest BCUT2D eigenvalue weighted by Crippen LogP contribution is -2.45. The second-order valence-electron chi connectivity index (χ2n) is 5.44. The van der Waals surface area contributed by atoms with Crippen molar-refractivity contribution in [2.75, 3.05) is 33.4 Å². The largest absolute Gasteiger partial charge is 0.383 e. The maximum atomic E-state index is 5.95. The Morgan fingerprint density at radius 2 is 2.10 bits per heavy atom. The zero-order valence-corrected chi connectivity index (χ0v) is 13.0. The van der Waals surface area contributed by atoms with Crippen LogP contribution in [0.2, 0.25) is 5.02 Å². The van der Waals surface area contributed by atoms with Crippen LogP contribution < -0.4 is 5.32 Å². The van der Waals surface area contributed by atoms with Gasteiger partial charge >= 0.3 is 0 Å². The minimum absolute atomic E-state index is 0.635. The molecule has 3 nitrogen and oxygen atoms in total. The van der Waals surface area contributed by atoms with Gasteiger partial charge in [0.2, 0.25) is 0 Å². The van der Waals surface area contributed by atoms with Crippen molar-refractivity contribution >= 4 is 11.6 Å². The molecular formula is C16H25ClN2O. The third-order valence-electron chi connectivity index (χ3n) is 3.91. The lowest BCUT2D eigenvalue weighted by Gasteiger charge is -2.36. The van der Waals surface area contributed by atoms with Crippen molar-refractivity contribution in [1.82, 2.24) is 10.2 Å². The second-order valence-corrected chi connectivity index (χ2v) is 5.88. The average Bonchev–Trinajstić information content (AvgIpc) is 2.47. The first-order valence-electron chi connectivity index (χ1n) is 7.48. The molecule has 1 unspecified atom stereocenters. The fourth-order valence-corrected chi connectivity index (χ4v) is 2.89. The SMILES string of the molecule is COCCNCC1CCCCN1Cc1ccc(Cl)cc1. The van der Waals surface area contributed by atoms with Gasteiger partial charge in [0.05, 0.1) is 6.61 Å². The van der Waals surface area contributed by atoms with E-state index in [1.165, 1.54) is 31.4 Å². The van der Waals surface area contributed by atoms with Crippen molar-refractivity contribution in [3.8, 4) is 0 Å². The van der Waals surface area contributed by atoms with E-state index in [-0.39, 0.29) is 0 Å². The van der Waals surface area contributed by atoms with Gasteiger partial charge in [-0.05, 0) is 37.1 Å². The van der Waals surface area contributed by atoms with Crippen LogP contribution in [-0.2, 0) is 11.3 Å². The number of likely N-dealkylation sites (tertiary alicyclic amines) is 1. The summed E-state index contributed by atoms with van der Waals surface area (Å²) in [6, 6.07) is 8.86. The van der Waals surface area contributed by atoms with Crippen molar-refractivity contribution in [2.45, 2.75) is 31.8 Å². The predicted octanol–water partition coefficient (Wildman–Crippen LogP) is 2.93. The van der Waals surface area contributed by atoms with Gasteiger partial charge in [0.15, 0.2) is 0 Å². The Balaban J connectivity index is 1.84. The highest BCUT2D eigenvalue weighted by atomic mass is 35.5. The van der Waals surface area contributed by atoms with Gasteiger partial charge in [-0.1, -0.05) is 30.2 Å². The van der Waals surface area contributed by atoms with Crippen LogP contribution in [0.25, 0.3) is 0 Å². The molecule has 4 heteroatoms. The van der Waals surface area contributed by atoms with Crippen LogP contribution in [-0.4, -0.2) is 44.3 Å². The lowest BCUT2D eigenvalue weighted by molar-refractivity contribution is 0.133. The van der Waals surface area contributed by atoms with E-state index in [4.69, 9.17) is 16.3 Å². The molecule has 1 saturated heterocycles. The van der Waals surface area contributed by atoms with Crippen LogP contribution in [0.3, 0.4) is 0 Å². The number of nitrogens with zero attached hydrogens (tertiary/aromatic N) is 1. The van der Waals surface area contributed by atoms with E-state index in [0.717, 1.165) is 31.3 Å². The minimum atomic E-state index is 0.635. The number of halogens is 1. The van der Waals surface area contributed by atoms with Crippen LogP contribution in [0.15, 0.2) is 24.3 Å². The summed E-state index contributed by atoms with van der Waals surface area (Å²) in [4.78, 5) is 2.59. The van der Waals surface area contributed by atoms with Crippen LogP contribution in [0, 0.1) is 0 Å². The predicted molar refractivity (Wildman–Crippen MR) is 84.2 cm³/mol. The number of ether oxygens (including phenoxy) is 1. The maximum Gasteiger partial charge on any atom is 0.0587 e. The molecule has 0 aromatic heterocycles. The molecule has 2 rings (SSSR count). The maximum absolute atomic E-state index is 5.95. The van der Waals surface area contributed by atoms with E-state index >= 15 is 0 Å². The fourth-order valence-electron chi connectivity index (χ4n) is 2.77. The van der Waals surface area contributed by atoms with Crippen LogP contribution in [0.4, 0.5) is 0 Å². The van der Waals surface area contributed by atoms with Crippen molar-refractivity contribution in [1.29, 1.82) is 0 Å². The summed E-state index contributed by atoms with van der Waals surface area (Å²) in [6.45, 7) is 4.98. The molecule has 1 heterocycles. The molecule has 1 aromatic rings. The Hall–Kier alpha value is -0.610. The summed E-state index contributed by atoms with van der Waals surface area (Å²) in [5.41, 5.74) is 1.35. The van der Waals surface area contributed by atoms with Crippen LogP contribution >= 0.6 is 11.6 Å². The number of methoxy groups -OCH3 is 1. The van der Waals surface area contributed by atoms with Gasteiger partial charge in [0, 0.05) is 37.8 Å². The highest BCUT2D eigenvalue weighted by Crippen LogP contribution is 2.20. The molecule has 0 spiro atoms. The van der Waals surface area contributed by atoms with Crippen LogP contribution in [0.1, 0.15) is 24.8 Å². The van der Waals surface area contributed by atoms with E-state index in [9.17, 15) is 0 Å². The normalized spacial score (nSPS) is 20.2. The molecule has 20 heavy (non-hydrogen) atoms. The van der Waals surface area contributed by atoms with E-state index in [1.807, 2.05) is 12.1 Å². The summed E-state index contributed by atoms with van der Waals surface area (Å²) in [5, 5.41) is 4.30. The third-order valence-corrected chi connectivity index (χ3v) is 4.16. The molecule has 1 aliphatic rings. The standard InChI is InChI=1S/C16H25ClN2O/c1-20-11-9-18-12-16-4-2-3-10-19(16)13-14-5-7-15(17)8-6-14/h5-8,16,18H,2-4,9-13H2,1H3. The van der Waals surface area contributed by atoms with Crippen molar-refractivity contribution in [2.24, 2.45) is 0 Å². The number of nitrogens with one attached hydrogen (secondary N) is 1. The van der Waals surface area contributed by atoms with Gasteiger partial charge in [0.1, 0.15) is 0 Å². The average molecular weight is 297 g/mol. The number of hydrogen-bond donors (Lipinski definition) is 1. The Bertz CT molecular complexity index is 383. The molecule has 0 amide bonds. The Kier molecular flexibility index (Phi) is 6.80. The van der Waals surface area contributed by atoms with E-state index in [0.29, 0.717) is 6.04 Å². The first-order chi connectivity index (χ1) is 9.79. The summed E-state index contributed by atoms with van der Waals surface area (Å²) in [7, 11) is 1.75. The number of piperidine rings is 1. The van der Waals surface area contributed by atoms with Crippen molar-refractivity contribution < 1.29 is 4.74 Å². The summed E-state index contributed by atoms with van der Waals surface area (Å²) >= 11 is 5.95. The van der Waals surface area contributed by atoms with Gasteiger partial charge in [-0.15, -0.1) is 0 Å². The van der Waals surface area contributed by atoms with Crippen molar-refractivity contribution in [3.05, 3.63) is 34.9 Å². The number of benzene rings is 1. The fraction of sp³-hybridized carbons (Fsp3) is 0.625. The zero-order chi connectivity index (χ0) is 14.2. The molecule has 0 saturated carbocycles. The van der Waals surface area contributed by atoms with Gasteiger partial charge < -0.3 is 10.1 Å². The lowest BCUT2D eigenvalue weighted by atomic mass is 10.0. The van der Waals surface area contributed by atoms with Gasteiger partial charge in [-0.3, -0.25) is 4.90 Å². The molecule has 1 fully saturated rings. The molecule has 0 bridgehead atoms. The molecule has 1 aromatic carbocycles. The first-order valence-corrected chi connectivity index (χ1v) is 7.85. The van der Waals surface area contributed by atoms with E-state index in [2.05, 4.69) is 22.3 Å². The highest BCUT2D eigenvalue weighted by molar-refractivity contribution is 6.30. The molecule has 0 radical (unpaired) electrons. The Morgan fingerprint density at radius 1 is 1.30 bits per heavy atom. The highest BCUT2D eigenvalue weighted by Gasteiger charge is 2.21. The molecule has 0 aliphatic carbocycles. The smallest absolute Gasteiger partial charge is 0.0587 e. The number of rotatable bonds is 7. The van der Waals surface area contributed by atoms with Crippen molar-refractivity contribution in [3.63, 3.8) is 0 Å². The quantitative estimate of drug-likeness (QED) is 0.783. The van der Waals surface area contributed by atoms with Crippen LogP contribution in [0.5, 0.6) is 0 Å². The van der Waals surface area contributed by atoms with Gasteiger partial charge in [-0.2, -0.15) is 0 Å². The summed E-state index contributed by atoms with van der Waals surface area (Å²) < 4.78 is 5.08. The van der Waals surface area contributed by atoms with Gasteiger partial charge in [-0.25, -0.2) is 0 Å². The number of hydrogen-bond acceptors (Lipinski definition) is 3. The summed E-state index contributed by atoms with van der Waals surface area (Å²) in [5.74, 6) is 0. The Morgan fingerprint density at radius 3 is 2.85 bits per heavy atom. The monoisotopic (exact) mass is 296 g/mol. The minimum Gasteiger partial charge on any atom is -0.383 e. The van der Waals surface area contributed by atoms with E-state index < -0.39 is 0 Å². The second kappa shape index (κ2) is 8.63. The molecular weight excluding hydrogens is 272 g/mol. The third kappa shape index (κ3) is 5.06. The molecule has 112 valence electrons. The first kappa shape index (κ1) is 15.8. The van der Waals surface area contributed by atoms with E-state index in [1.54, 1.807) is 7.11 Å². The Labute approximate surface area is 127 Å². The zero-order valence-electron chi connectivity index (χ0n) is 12.3. The molecule has 1 N–H and O–H groups in total. The molecule has 1 atom stereocenters. The van der Waals surface area contributed by atoms with Gasteiger partial charge in [0.25, 0.3) is 0 Å².